The highest BCUT2D eigenvalue weighted by Gasteiger charge is 2.45. The highest BCUT2D eigenvalue weighted by atomic mass is 32.2. The van der Waals surface area contributed by atoms with Gasteiger partial charge in [0.15, 0.2) is 11.6 Å². The molecule has 0 radical (unpaired) electrons. The molecule has 1 aromatic carbocycles. The fourth-order valence-electron chi connectivity index (χ4n) is 5.06. The maximum Gasteiger partial charge on any atom is 0.408 e. The highest BCUT2D eigenvalue weighted by molar-refractivity contribution is 7.89. The minimum absolute atomic E-state index is 0.220. The van der Waals surface area contributed by atoms with Crippen LogP contribution in [0.1, 0.15) is 50.1 Å². The van der Waals surface area contributed by atoms with E-state index in [1.807, 2.05) is 4.90 Å². The standard InChI is InChI=1S/C22H28F3N5O4S/c1-22(2,3)30(21(31)32)18-7-14(8-26-20(18)15-5-13(23)6-16(24)19(15)25)28-9-12-10-29(35(4,33)34)27-17(12)11-28/h5-6,10,14,18,20,26H,7-9,11H2,1-4H3,(H,31,32)/t14-,18+,20-/m1/s1. The zero-order valence-electron chi connectivity index (χ0n) is 19.8. The van der Waals surface area contributed by atoms with Gasteiger partial charge in [-0.2, -0.15) is 9.19 Å². The van der Waals surface area contributed by atoms with E-state index < -0.39 is 51.2 Å². The van der Waals surface area contributed by atoms with Crippen molar-refractivity contribution in [1.82, 2.24) is 24.3 Å². The molecule has 1 aromatic heterocycles. The number of carboxylic acid groups (broad SMARTS) is 1. The smallest absolute Gasteiger partial charge is 0.408 e. The monoisotopic (exact) mass is 515 g/mol. The molecule has 2 aromatic rings. The average Bonchev–Trinajstić information content (AvgIpc) is 3.29. The van der Waals surface area contributed by atoms with Crippen LogP contribution in [0.15, 0.2) is 18.3 Å². The molecule has 0 spiro atoms. The van der Waals surface area contributed by atoms with Crippen molar-refractivity contribution in [2.45, 2.75) is 63.9 Å². The molecule has 0 unspecified atom stereocenters. The van der Waals surface area contributed by atoms with Crippen molar-refractivity contribution in [3.63, 3.8) is 0 Å². The van der Waals surface area contributed by atoms with E-state index in [0.29, 0.717) is 31.4 Å². The molecule has 0 aliphatic carbocycles. The molecule has 2 aliphatic rings. The van der Waals surface area contributed by atoms with Crippen LogP contribution in [0.4, 0.5) is 18.0 Å². The summed E-state index contributed by atoms with van der Waals surface area (Å²) in [6.45, 7) is 6.15. The Hall–Kier alpha value is -2.64. The first kappa shape index (κ1) is 25.5. The molecule has 1 fully saturated rings. The molecule has 13 heteroatoms. The number of rotatable bonds is 4. The summed E-state index contributed by atoms with van der Waals surface area (Å²) in [6, 6.07) is -0.694. The van der Waals surface area contributed by atoms with E-state index in [1.54, 1.807) is 20.8 Å². The Bertz CT molecular complexity index is 1240. The van der Waals surface area contributed by atoms with Crippen LogP contribution in [0.25, 0.3) is 0 Å². The molecular formula is C22H28F3N5O4S. The zero-order chi connectivity index (χ0) is 25.9. The highest BCUT2D eigenvalue weighted by Crippen LogP contribution is 2.37. The Balaban J connectivity index is 1.65. The number of hydrogen-bond donors (Lipinski definition) is 2. The summed E-state index contributed by atoms with van der Waals surface area (Å²) in [7, 11) is -3.51. The third-order valence-electron chi connectivity index (χ3n) is 6.53. The largest absolute Gasteiger partial charge is 0.465 e. The maximum atomic E-state index is 14.8. The van der Waals surface area contributed by atoms with Crippen LogP contribution < -0.4 is 5.32 Å². The van der Waals surface area contributed by atoms with Crippen molar-refractivity contribution in [3.8, 4) is 0 Å². The van der Waals surface area contributed by atoms with E-state index in [9.17, 15) is 31.5 Å². The van der Waals surface area contributed by atoms with Gasteiger partial charge in [0.25, 0.3) is 10.0 Å². The zero-order valence-corrected chi connectivity index (χ0v) is 20.6. The van der Waals surface area contributed by atoms with E-state index in [1.165, 1.54) is 11.1 Å². The quantitative estimate of drug-likeness (QED) is 0.603. The maximum absolute atomic E-state index is 14.8. The molecule has 1 amide bonds. The second kappa shape index (κ2) is 8.79. The number of nitrogens with one attached hydrogen (secondary N) is 1. The van der Waals surface area contributed by atoms with Crippen LogP contribution in [0.2, 0.25) is 0 Å². The van der Waals surface area contributed by atoms with Crippen LogP contribution in [0.5, 0.6) is 0 Å². The average molecular weight is 516 g/mol. The number of fused-ring (bicyclic) bond motifs is 1. The van der Waals surface area contributed by atoms with E-state index in [4.69, 9.17) is 0 Å². The Morgan fingerprint density at radius 2 is 1.91 bits per heavy atom. The summed E-state index contributed by atoms with van der Waals surface area (Å²) < 4.78 is 67.3. The number of benzene rings is 1. The predicted molar refractivity (Wildman–Crippen MR) is 121 cm³/mol. The third kappa shape index (κ3) is 4.89. The van der Waals surface area contributed by atoms with Gasteiger partial charge in [0.1, 0.15) is 5.82 Å². The Morgan fingerprint density at radius 3 is 2.49 bits per heavy atom. The normalized spacial score (nSPS) is 23.3. The van der Waals surface area contributed by atoms with Crippen molar-refractivity contribution in [3.05, 3.63) is 52.6 Å². The van der Waals surface area contributed by atoms with Gasteiger partial charge in [-0.15, -0.1) is 0 Å². The molecule has 1 saturated heterocycles. The lowest BCUT2D eigenvalue weighted by Crippen LogP contribution is -2.61. The lowest BCUT2D eigenvalue weighted by atomic mass is 9.85. The summed E-state index contributed by atoms with van der Waals surface area (Å²) in [5.41, 5.74) is 0.206. The predicted octanol–water partition coefficient (Wildman–Crippen LogP) is 2.67. The summed E-state index contributed by atoms with van der Waals surface area (Å²) >= 11 is 0. The van der Waals surface area contributed by atoms with Crippen molar-refractivity contribution in [2.75, 3.05) is 12.8 Å². The van der Waals surface area contributed by atoms with Crippen molar-refractivity contribution < 1.29 is 31.5 Å². The fourth-order valence-corrected chi connectivity index (χ4v) is 5.62. The van der Waals surface area contributed by atoms with Crippen LogP contribution in [-0.2, 0) is 23.1 Å². The van der Waals surface area contributed by atoms with Gasteiger partial charge in [0.2, 0.25) is 0 Å². The van der Waals surface area contributed by atoms with Crippen molar-refractivity contribution in [2.24, 2.45) is 0 Å². The summed E-state index contributed by atoms with van der Waals surface area (Å²) in [5.74, 6) is -3.51. The molecule has 3 atom stereocenters. The summed E-state index contributed by atoms with van der Waals surface area (Å²) in [4.78, 5) is 15.5. The van der Waals surface area contributed by atoms with Gasteiger partial charge >= 0.3 is 6.09 Å². The number of amides is 1. The SMILES string of the molecule is CC(C)(C)N(C(=O)O)[C@H]1C[C@@H](N2Cc3cn(S(C)(=O)=O)nc3C2)CN[C@@H]1c1cc(F)cc(F)c1F. The van der Waals surface area contributed by atoms with Gasteiger partial charge in [-0.1, -0.05) is 0 Å². The first-order valence-electron chi connectivity index (χ1n) is 11.1. The molecule has 9 nitrogen and oxygen atoms in total. The minimum Gasteiger partial charge on any atom is -0.465 e. The molecule has 35 heavy (non-hydrogen) atoms. The molecule has 0 saturated carbocycles. The molecule has 3 heterocycles. The number of halogens is 3. The van der Waals surface area contributed by atoms with Crippen LogP contribution >= 0.6 is 0 Å². The molecular weight excluding hydrogens is 487 g/mol. The van der Waals surface area contributed by atoms with Gasteiger partial charge in [0, 0.05) is 54.6 Å². The molecule has 2 N–H and O–H groups in total. The van der Waals surface area contributed by atoms with E-state index in [2.05, 4.69) is 10.4 Å². The number of aromatic nitrogens is 2. The molecule has 4 rings (SSSR count). The lowest BCUT2D eigenvalue weighted by Gasteiger charge is -2.48. The minimum atomic E-state index is -3.51. The Kier molecular flexibility index (Phi) is 6.39. The number of hydrogen-bond acceptors (Lipinski definition) is 6. The molecule has 2 aliphatic heterocycles. The van der Waals surface area contributed by atoms with Gasteiger partial charge in [-0.05, 0) is 33.3 Å². The molecule has 0 bridgehead atoms. The van der Waals surface area contributed by atoms with Gasteiger partial charge < -0.3 is 10.4 Å². The topological polar surface area (TPSA) is 108 Å². The third-order valence-corrected chi connectivity index (χ3v) is 7.39. The van der Waals surface area contributed by atoms with Crippen molar-refractivity contribution in [1.29, 1.82) is 0 Å². The second-order valence-corrected chi connectivity index (χ2v) is 11.9. The number of nitrogens with zero attached hydrogens (tertiary/aromatic N) is 4. The van der Waals surface area contributed by atoms with Gasteiger partial charge in [0.05, 0.1) is 24.0 Å². The fraction of sp³-hybridized carbons (Fsp3) is 0.545. The van der Waals surface area contributed by atoms with E-state index in [-0.39, 0.29) is 18.0 Å². The number of piperidine rings is 1. The lowest BCUT2D eigenvalue weighted by molar-refractivity contribution is 0.0191. The van der Waals surface area contributed by atoms with Crippen LogP contribution in [0.3, 0.4) is 0 Å². The first-order chi connectivity index (χ1) is 16.2. The Morgan fingerprint density at radius 1 is 1.23 bits per heavy atom. The second-order valence-electron chi connectivity index (χ2n) is 10.1. The van der Waals surface area contributed by atoms with Crippen LogP contribution in [0, 0.1) is 17.5 Å². The van der Waals surface area contributed by atoms with Gasteiger partial charge in [-0.3, -0.25) is 9.80 Å². The van der Waals surface area contributed by atoms with Crippen LogP contribution in [-0.4, -0.2) is 69.0 Å². The number of carbonyl (C=O) groups is 1. The molecule has 192 valence electrons. The summed E-state index contributed by atoms with van der Waals surface area (Å²) in [5, 5.41) is 17.3. The van der Waals surface area contributed by atoms with Gasteiger partial charge in [-0.25, -0.2) is 26.4 Å². The first-order valence-corrected chi connectivity index (χ1v) is 12.9. The van der Waals surface area contributed by atoms with E-state index in [0.717, 1.165) is 22.0 Å². The summed E-state index contributed by atoms with van der Waals surface area (Å²) in [6.07, 6.45) is 1.55. The Labute approximate surface area is 201 Å². The van der Waals surface area contributed by atoms with E-state index >= 15 is 0 Å². The van der Waals surface area contributed by atoms with Crippen molar-refractivity contribution >= 4 is 16.1 Å².